The highest BCUT2D eigenvalue weighted by molar-refractivity contribution is 9.10. The van der Waals surface area contributed by atoms with Gasteiger partial charge in [-0.2, -0.15) is 4.91 Å². The number of hydroxylamine groups is 1. The molecule has 1 aromatic heterocycles. The van der Waals surface area contributed by atoms with E-state index < -0.39 is 48.3 Å². The maximum atomic E-state index is 14.2. The Morgan fingerprint density at radius 2 is 2.11 bits per heavy atom. The van der Waals surface area contributed by atoms with E-state index in [9.17, 15) is 22.9 Å². The van der Waals surface area contributed by atoms with Crippen molar-refractivity contribution in [3.8, 4) is 0 Å². The van der Waals surface area contributed by atoms with E-state index in [1.807, 2.05) is 5.48 Å². The molecule has 1 aromatic carbocycles. The topological polar surface area (TPSA) is 113 Å². The zero-order valence-electron chi connectivity index (χ0n) is 13.4. The van der Waals surface area contributed by atoms with Gasteiger partial charge < -0.3 is 10.4 Å². The number of halogens is 4. The van der Waals surface area contributed by atoms with E-state index in [0.29, 0.717) is 0 Å². The number of hydrogen-bond acceptors (Lipinski definition) is 7. The molecule has 144 valence electrons. The molecule has 1 unspecified atom stereocenters. The fraction of sp³-hybridized carbons (Fsp3) is 0.200. The van der Waals surface area contributed by atoms with Crippen molar-refractivity contribution >= 4 is 33.3 Å². The molecule has 0 saturated carbocycles. The van der Waals surface area contributed by atoms with Crippen molar-refractivity contribution in [2.24, 2.45) is 5.18 Å². The van der Waals surface area contributed by atoms with Crippen LogP contribution >= 0.6 is 15.9 Å². The Bertz CT molecular complexity index is 856. The number of anilines is 2. The SMILES string of the molecule is O=NC(CO)CONC(=O)c1ccc(F)c(F)c1Nc1ncc(F)cc1Br. The summed E-state index contributed by atoms with van der Waals surface area (Å²) in [4.78, 5) is 31.0. The smallest absolute Gasteiger partial charge is 0.277 e. The van der Waals surface area contributed by atoms with Gasteiger partial charge in [0.2, 0.25) is 0 Å². The van der Waals surface area contributed by atoms with Crippen molar-refractivity contribution in [3.63, 3.8) is 0 Å². The number of nitrogens with one attached hydrogen (secondary N) is 2. The van der Waals surface area contributed by atoms with Crippen molar-refractivity contribution in [2.75, 3.05) is 18.5 Å². The molecule has 27 heavy (non-hydrogen) atoms. The largest absolute Gasteiger partial charge is 0.394 e. The van der Waals surface area contributed by atoms with E-state index in [-0.39, 0.29) is 15.9 Å². The second kappa shape index (κ2) is 9.39. The predicted octanol–water partition coefficient (Wildman–Crippen LogP) is 2.79. The van der Waals surface area contributed by atoms with Crippen LogP contribution in [0.25, 0.3) is 0 Å². The number of nitrogens with zero attached hydrogens (tertiary/aromatic N) is 2. The predicted molar refractivity (Wildman–Crippen MR) is 91.6 cm³/mol. The van der Waals surface area contributed by atoms with E-state index in [2.05, 4.69) is 31.4 Å². The summed E-state index contributed by atoms with van der Waals surface area (Å²) in [5.74, 6) is -4.32. The molecule has 0 saturated heterocycles. The summed E-state index contributed by atoms with van der Waals surface area (Å²) < 4.78 is 41.0. The normalized spacial score (nSPS) is 11.7. The summed E-state index contributed by atoms with van der Waals surface area (Å²) >= 11 is 3.01. The van der Waals surface area contributed by atoms with Gasteiger partial charge in [-0.3, -0.25) is 9.63 Å². The van der Waals surface area contributed by atoms with Crippen LogP contribution in [0.5, 0.6) is 0 Å². The second-order valence-corrected chi connectivity index (χ2v) is 5.93. The summed E-state index contributed by atoms with van der Waals surface area (Å²) in [6.45, 7) is -1.02. The number of amides is 1. The lowest BCUT2D eigenvalue weighted by molar-refractivity contribution is 0.0205. The minimum atomic E-state index is -1.37. The molecule has 0 aliphatic carbocycles. The molecular weight excluding hydrogens is 437 g/mol. The first-order valence-corrected chi connectivity index (χ1v) is 8.08. The van der Waals surface area contributed by atoms with Crippen LogP contribution in [0, 0.1) is 22.4 Å². The summed E-state index contributed by atoms with van der Waals surface area (Å²) in [6, 6.07) is 1.65. The maximum Gasteiger partial charge on any atom is 0.277 e. The number of pyridine rings is 1. The molecular formula is C15H12BrF3N4O4. The van der Waals surface area contributed by atoms with Gasteiger partial charge in [-0.15, -0.1) is 0 Å². The Morgan fingerprint density at radius 3 is 2.74 bits per heavy atom. The number of nitroso groups, excluding NO2 is 1. The molecule has 1 atom stereocenters. The number of hydrogen-bond donors (Lipinski definition) is 3. The van der Waals surface area contributed by atoms with E-state index in [0.717, 1.165) is 24.4 Å². The Hall–Kier alpha value is -2.57. The van der Waals surface area contributed by atoms with E-state index in [1.54, 1.807) is 0 Å². The fourth-order valence-electron chi connectivity index (χ4n) is 1.86. The van der Waals surface area contributed by atoms with Gasteiger partial charge in [0.1, 0.15) is 24.3 Å². The van der Waals surface area contributed by atoms with Gasteiger partial charge in [0.15, 0.2) is 11.6 Å². The molecule has 2 aromatic rings. The number of aliphatic hydroxyl groups excluding tert-OH is 1. The third-order valence-electron chi connectivity index (χ3n) is 3.19. The lowest BCUT2D eigenvalue weighted by Crippen LogP contribution is -2.29. The molecule has 2 rings (SSSR count). The highest BCUT2D eigenvalue weighted by Gasteiger charge is 2.21. The zero-order chi connectivity index (χ0) is 20.0. The number of rotatable bonds is 8. The van der Waals surface area contributed by atoms with Gasteiger partial charge in [-0.1, -0.05) is 5.18 Å². The van der Waals surface area contributed by atoms with Crippen LogP contribution in [-0.2, 0) is 4.84 Å². The first kappa shape index (κ1) is 20.7. The summed E-state index contributed by atoms with van der Waals surface area (Å²) in [6.07, 6.45) is 0.842. The van der Waals surface area contributed by atoms with Crippen LogP contribution in [0.1, 0.15) is 10.4 Å². The van der Waals surface area contributed by atoms with Crippen LogP contribution in [0.2, 0.25) is 0 Å². The average molecular weight is 449 g/mol. The summed E-state index contributed by atoms with van der Waals surface area (Å²) in [5, 5.41) is 13.8. The van der Waals surface area contributed by atoms with Crippen molar-refractivity contribution in [1.82, 2.24) is 10.5 Å². The average Bonchev–Trinajstić information content (AvgIpc) is 2.64. The standard InChI is InChI=1S/C15H12BrF3N4O4/c16-10-3-7(17)4-20-14(10)21-13-9(1-2-11(18)12(13)19)15(25)23-27-6-8(5-24)22-26/h1-4,8,24H,5-6H2,(H,20,21)(H,23,25). The number of aromatic nitrogens is 1. The molecule has 1 amide bonds. The van der Waals surface area contributed by atoms with Crippen LogP contribution in [-0.4, -0.2) is 35.3 Å². The first-order valence-electron chi connectivity index (χ1n) is 7.28. The van der Waals surface area contributed by atoms with Gasteiger partial charge in [-0.25, -0.2) is 23.6 Å². The minimum Gasteiger partial charge on any atom is -0.394 e. The Kier molecular flexibility index (Phi) is 7.21. The number of aliphatic hydroxyl groups is 1. The highest BCUT2D eigenvalue weighted by atomic mass is 79.9. The molecule has 0 spiro atoms. The van der Waals surface area contributed by atoms with Crippen LogP contribution in [0.3, 0.4) is 0 Å². The summed E-state index contributed by atoms with van der Waals surface area (Å²) in [7, 11) is 0. The zero-order valence-corrected chi connectivity index (χ0v) is 15.0. The third-order valence-corrected chi connectivity index (χ3v) is 3.80. The van der Waals surface area contributed by atoms with Gasteiger partial charge in [0.25, 0.3) is 5.91 Å². The van der Waals surface area contributed by atoms with Crippen molar-refractivity contribution in [2.45, 2.75) is 6.04 Å². The molecule has 0 aliphatic rings. The lowest BCUT2D eigenvalue weighted by atomic mass is 10.1. The fourth-order valence-corrected chi connectivity index (χ4v) is 2.28. The van der Waals surface area contributed by atoms with Crippen LogP contribution in [0.15, 0.2) is 34.0 Å². The van der Waals surface area contributed by atoms with Crippen LogP contribution < -0.4 is 10.8 Å². The number of carbonyl (C=O) groups is 1. The Labute approximate surface area is 158 Å². The maximum absolute atomic E-state index is 14.2. The van der Waals surface area contributed by atoms with E-state index in [4.69, 9.17) is 9.94 Å². The van der Waals surface area contributed by atoms with Crippen LogP contribution in [0.4, 0.5) is 24.7 Å². The lowest BCUT2D eigenvalue weighted by Gasteiger charge is -2.14. The first-order chi connectivity index (χ1) is 12.9. The van der Waals surface area contributed by atoms with Gasteiger partial charge in [-0.05, 0) is 34.1 Å². The van der Waals surface area contributed by atoms with Gasteiger partial charge >= 0.3 is 0 Å². The minimum absolute atomic E-state index is 0.0682. The second-order valence-electron chi connectivity index (χ2n) is 5.08. The Balaban J connectivity index is 2.25. The van der Waals surface area contributed by atoms with E-state index >= 15 is 0 Å². The number of benzene rings is 1. The van der Waals surface area contributed by atoms with Crippen molar-refractivity contribution < 1.29 is 27.9 Å². The highest BCUT2D eigenvalue weighted by Crippen LogP contribution is 2.29. The molecule has 0 aliphatic heterocycles. The van der Waals surface area contributed by atoms with Crippen molar-refractivity contribution in [3.05, 3.63) is 56.8 Å². The van der Waals surface area contributed by atoms with E-state index in [1.165, 1.54) is 0 Å². The molecule has 8 nitrogen and oxygen atoms in total. The molecule has 0 fully saturated rings. The molecule has 0 bridgehead atoms. The quantitative estimate of drug-likeness (QED) is 0.422. The van der Waals surface area contributed by atoms with Crippen molar-refractivity contribution in [1.29, 1.82) is 0 Å². The third kappa shape index (κ3) is 5.21. The van der Waals surface area contributed by atoms with Gasteiger partial charge in [0, 0.05) is 0 Å². The molecule has 3 N–H and O–H groups in total. The summed E-state index contributed by atoms with van der Waals surface area (Å²) in [5.41, 5.74) is 1.00. The number of carbonyl (C=O) groups excluding carboxylic acids is 1. The molecule has 0 radical (unpaired) electrons. The molecule has 12 heteroatoms. The monoisotopic (exact) mass is 448 g/mol. The molecule has 1 heterocycles. The van der Waals surface area contributed by atoms with Gasteiger partial charge in [0.05, 0.1) is 28.5 Å². The Morgan fingerprint density at radius 1 is 1.37 bits per heavy atom.